The maximum absolute atomic E-state index is 12.4. The summed E-state index contributed by atoms with van der Waals surface area (Å²) < 4.78 is 10.6. The predicted molar refractivity (Wildman–Crippen MR) is 84.1 cm³/mol. The van der Waals surface area contributed by atoms with Crippen LogP contribution in [-0.4, -0.2) is 55.6 Å². The molecule has 5 nitrogen and oxygen atoms in total. The Balaban J connectivity index is 1.61. The minimum Gasteiger partial charge on any atom is -0.497 e. The number of hydrogen-bond donors (Lipinski definition) is 0. The molecule has 5 heteroatoms. The van der Waals surface area contributed by atoms with Gasteiger partial charge in [0.1, 0.15) is 17.5 Å². The van der Waals surface area contributed by atoms with Gasteiger partial charge in [-0.05, 0) is 24.1 Å². The number of methoxy groups -OCH3 is 2. The van der Waals surface area contributed by atoms with E-state index >= 15 is 0 Å². The molecule has 118 valence electrons. The summed E-state index contributed by atoms with van der Waals surface area (Å²) >= 11 is 0. The molecule has 2 atom stereocenters. The van der Waals surface area contributed by atoms with Crippen molar-refractivity contribution in [2.75, 3.05) is 33.9 Å². The summed E-state index contributed by atoms with van der Waals surface area (Å²) in [4.78, 5) is 16.5. The Morgan fingerprint density at radius 3 is 2.50 bits per heavy atom. The van der Waals surface area contributed by atoms with Gasteiger partial charge in [-0.1, -0.05) is 12.2 Å². The van der Waals surface area contributed by atoms with Crippen LogP contribution in [0.15, 0.2) is 30.4 Å². The van der Waals surface area contributed by atoms with E-state index in [1.807, 2.05) is 23.1 Å². The molecule has 2 unspecified atom stereocenters. The molecule has 2 aliphatic rings. The number of nitrogens with zero attached hydrogens (tertiary/aromatic N) is 2. The van der Waals surface area contributed by atoms with Crippen LogP contribution in [0.1, 0.15) is 12.0 Å². The lowest BCUT2D eigenvalue weighted by atomic mass is 10.2. The summed E-state index contributed by atoms with van der Waals surface area (Å²) in [7, 11) is 3.29. The Bertz CT molecular complexity index is 563. The fourth-order valence-corrected chi connectivity index (χ4v) is 2.83. The number of rotatable bonds is 5. The molecule has 1 aromatic rings. The van der Waals surface area contributed by atoms with E-state index in [0.717, 1.165) is 49.7 Å². The summed E-state index contributed by atoms with van der Waals surface area (Å²) in [6.07, 6.45) is 5.17. The normalized spacial score (nSPS) is 23.3. The largest absolute Gasteiger partial charge is 0.497 e. The van der Waals surface area contributed by atoms with Crippen LogP contribution in [0.3, 0.4) is 0 Å². The van der Waals surface area contributed by atoms with Crippen molar-refractivity contribution in [1.82, 2.24) is 9.80 Å². The SMILES string of the molecule is COc1cc(CN2CC2C(=O)N2CC=CCC2)cc(OC)c1. The molecular formula is C17H22N2O3. The minimum absolute atomic E-state index is 0.0312. The molecule has 22 heavy (non-hydrogen) atoms. The molecule has 2 aliphatic heterocycles. The fraction of sp³-hybridized carbons (Fsp3) is 0.471. The average Bonchev–Trinajstić information content (AvgIpc) is 3.33. The summed E-state index contributed by atoms with van der Waals surface area (Å²) in [6, 6.07) is 5.87. The van der Waals surface area contributed by atoms with Crippen molar-refractivity contribution in [3.05, 3.63) is 35.9 Å². The molecule has 0 saturated carbocycles. The summed E-state index contributed by atoms with van der Waals surface area (Å²) in [5.41, 5.74) is 1.10. The number of carbonyl (C=O) groups excluding carboxylic acids is 1. The standard InChI is InChI=1S/C17H22N2O3/c1-21-14-8-13(9-15(10-14)22-2)11-19-12-16(19)17(20)18-6-4-3-5-7-18/h3-4,8-10,16H,5-7,11-12H2,1-2H3. The molecule has 0 N–H and O–H groups in total. The van der Waals surface area contributed by atoms with Gasteiger partial charge in [0.15, 0.2) is 0 Å². The van der Waals surface area contributed by atoms with Crippen LogP contribution in [0.25, 0.3) is 0 Å². The zero-order valence-electron chi connectivity index (χ0n) is 13.1. The Morgan fingerprint density at radius 2 is 1.91 bits per heavy atom. The first kappa shape index (κ1) is 14.9. The van der Waals surface area contributed by atoms with Crippen LogP contribution in [0.4, 0.5) is 0 Å². The van der Waals surface area contributed by atoms with Crippen LogP contribution >= 0.6 is 0 Å². The molecule has 1 aromatic carbocycles. The van der Waals surface area contributed by atoms with E-state index < -0.39 is 0 Å². The zero-order chi connectivity index (χ0) is 15.5. The van der Waals surface area contributed by atoms with E-state index in [1.54, 1.807) is 14.2 Å². The Hall–Kier alpha value is -2.01. The second-order valence-corrected chi connectivity index (χ2v) is 5.71. The highest BCUT2D eigenvalue weighted by Gasteiger charge is 2.42. The van der Waals surface area contributed by atoms with Crippen LogP contribution in [-0.2, 0) is 11.3 Å². The molecular weight excluding hydrogens is 280 g/mol. The number of benzene rings is 1. The number of hydrogen-bond acceptors (Lipinski definition) is 4. The van der Waals surface area contributed by atoms with E-state index in [0.29, 0.717) is 0 Å². The second-order valence-electron chi connectivity index (χ2n) is 5.71. The van der Waals surface area contributed by atoms with Crippen LogP contribution in [0.5, 0.6) is 11.5 Å². The van der Waals surface area contributed by atoms with Crippen molar-refractivity contribution >= 4 is 5.91 Å². The zero-order valence-corrected chi connectivity index (χ0v) is 13.1. The smallest absolute Gasteiger partial charge is 0.241 e. The van der Waals surface area contributed by atoms with Crippen molar-refractivity contribution in [3.63, 3.8) is 0 Å². The lowest BCUT2D eigenvalue weighted by Gasteiger charge is -2.23. The number of carbonyl (C=O) groups is 1. The van der Waals surface area contributed by atoms with Crippen molar-refractivity contribution in [1.29, 1.82) is 0 Å². The van der Waals surface area contributed by atoms with Gasteiger partial charge in [-0.3, -0.25) is 9.69 Å². The molecule has 0 radical (unpaired) electrons. The number of ether oxygens (including phenoxy) is 2. The summed E-state index contributed by atoms with van der Waals surface area (Å²) in [5, 5.41) is 0. The van der Waals surface area contributed by atoms with Gasteiger partial charge in [0, 0.05) is 32.2 Å². The monoisotopic (exact) mass is 302 g/mol. The quantitative estimate of drug-likeness (QED) is 0.613. The predicted octanol–water partition coefficient (Wildman–Crippen LogP) is 1.68. The average molecular weight is 302 g/mol. The molecule has 0 aliphatic carbocycles. The molecule has 1 fully saturated rings. The van der Waals surface area contributed by atoms with E-state index in [-0.39, 0.29) is 11.9 Å². The van der Waals surface area contributed by atoms with Crippen molar-refractivity contribution in [3.8, 4) is 11.5 Å². The molecule has 0 bridgehead atoms. The van der Waals surface area contributed by atoms with Gasteiger partial charge < -0.3 is 14.4 Å². The van der Waals surface area contributed by atoms with Crippen LogP contribution < -0.4 is 9.47 Å². The highest BCUT2D eigenvalue weighted by atomic mass is 16.5. The van der Waals surface area contributed by atoms with Gasteiger partial charge in [-0.15, -0.1) is 0 Å². The van der Waals surface area contributed by atoms with Crippen molar-refractivity contribution < 1.29 is 14.3 Å². The van der Waals surface area contributed by atoms with Gasteiger partial charge in [-0.2, -0.15) is 0 Å². The van der Waals surface area contributed by atoms with Crippen LogP contribution in [0.2, 0.25) is 0 Å². The molecule has 0 aromatic heterocycles. The first-order valence-corrected chi connectivity index (χ1v) is 7.61. The highest BCUT2D eigenvalue weighted by Crippen LogP contribution is 2.28. The lowest BCUT2D eigenvalue weighted by Crippen LogP contribution is -2.38. The van der Waals surface area contributed by atoms with Crippen molar-refractivity contribution in [2.45, 2.75) is 19.0 Å². The molecule has 3 rings (SSSR count). The molecule has 1 saturated heterocycles. The van der Waals surface area contributed by atoms with E-state index in [1.165, 1.54) is 0 Å². The first-order chi connectivity index (χ1) is 10.7. The maximum atomic E-state index is 12.4. The Kier molecular flexibility index (Phi) is 4.34. The van der Waals surface area contributed by atoms with E-state index in [9.17, 15) is 4.79 Å². The minimum atomic E-state index is 0.0312. The summed E-state index contributed by atoms with van der Waals surface area (Å²) in [6.45, 7) is 3.16. The van der Waals surface area contributed by atoms with Gasteiger partial charge in [0.25, 0.3) is 0 Å². The number of amides is 1. The third kappa shape index (κ3) is 3.25. The molecule has 1 amide bonds. The first-order valence-electron chi connectivity index (χ1n) is 7.61. The van der Waals surface area contributed by atoms with E-state index in [2.05, 4.69) is 17.1 Å². The third-order valence-electron chi connectivity index (χ3n) is 4.17. The van der Waals surface area contributed by atoms with Gasteiger partial charge in [-0.25, -0.2) is 0 Å². The molecule has 2 heterocycles. The third-order valence-corrected chi connectivity index (χ3v) is 4.17. The fourth-order valence-electron chi connectivity index (χ4n) is 2.83. The van der Waals surface area contributed by atoms with Gasteiger partial charge in [0.05, 0.1) is 14.2 Å². The van der Waals surface area contributed by atoms with Crippen molar-refractivity contribution in [2.24, 2.45) is 0 Å². The maximum Gasteiger partial charge on any atom is 0.241 e. The Morgan fingerprint density at radius 1 is 1.18 bits per heavy atom. The van der Waals surface area contributed by atoms with E-state index in [4.69, 9.17) is 9.47 Å². The molecule has 0 spiro atoms. The Labute approximate surface area is 131 Å². The van der Waals surface area contributed by atoms with Gasteiger partial charge in [0.2, 0.25) is 5.91 Å². The second kappa shape index (κ2) is 6.40. The topological polar surface area (TPSA) is 41.8 Å². The lowest BCUT2D eigenvalue weighted by molar-refractivity contribution is -0.131. The van der Waals surface area contributed by atoms with Gasteiger partial charge >= 0.3 is 0 Å². The van der Waals surface area contributed by atoms with Crippen LogP contribution in [0, 0.1) is 0 Å². The summed E-state index contributed by atoms with van der Waals surface area (Å²) in [5.74, 6) is 1.81. The highest BCUT2D eigenvalue weighted by molar-refractivity contribution is 5.85.